The molecule has 5 N–H and O–H groups in total. The van der Waals surface area contributed by atoms with E-state index < -0.39 is 94.0 Å². The van der Waals surface area contributed by atoms with Crippen LogP contribution in [-0.4, -0.2) is 125 Å². The summed E-state index contributed by atoms with van der Waals surface area (Å²) in [5.41, 5.74) is -8.69. The Kier molecular flexibility index (Phi) is 8.02. The van der Waals surface area contributed by atoms with Crippen LogP contribution in [-0.2, 0) is 28.5 Å². The molecule has 45 heavy (non-hydrogen) atoms. The number of phenols is 1. The number of Topliss-reactive ketones (excluding diaryl/α,β-unsaturated/α-hetero) is 2. The van der Waals surface area contributed by atoms with Gasteiger partial charge in [0.2, 0.25) is 34.8 Å². The number of benzene rings is 2. The Morgan fingerprint density at radius 2 is 1.62 bits per heavy atom. The summed E-state index contributed by atoms with van der Waals surface area (Å²) >= 11 is 0. The lowest BCUT2D eigenvalue weighted by atomic mass is 9.60. The highest BCUT2D eigenvalue weighted by Gasteiger charge is 2.73. The number of aliphatic hydroxyl groups excluding tert-OH is 2. The fraction of sp³-hybridized carbons (Fsp3) is 0.467. The van der Waals surface area contributed by atoms with Crippen molar-refractivity contribution in [1.82, 2.24) is 0 Å². The quantitative estimate of drug-likeness (QED) is 0.199. The number of carbonyl (C=O) groups excluding carboxylic acids is 4. The third kappa shape index (κ3) is 4.23. The number of hydrogen-bond donors (Lipinski definition) is 5. The topological polar surface area (TPSA) is 225 Å². The Morgan fingerprint density at radius 1 is 0.978 bits per heavy atom. The molecule has 15 heteroatoms. The van der Waals surface area contributed by atoms with Gasteiger partial charge in [-0.2, -0.15) is 0 Å². The zero-order chi connectivity index (χ0) is 33.3. The third-order valence-electron chi connectivity index (χ3n) is 8.77. The van der Waals surface area contributed by atoms with Crippen molar-refractivity contribution in [2.45, 2.75) is 61.9 Å². The monoisotopic (exact) mass is 632 g/mol. The first kappa shape index (κ1) is 32.4. The summed E-state index contributed by atoms with van der Waals surface area (Å²) in [7, 11) is 4.90. The predicted molar refractivity (Wildman–Crippen MR) is 149 cm³/mol. The molecule has 0 aromatic heterocycles. The van der Waals surface area contributed by atoms with Crippen molar-refractivity contribution in [1.29, 1.82) is 0 Å². The van der Waals surface area contributed by atoms with Crippen LogP contribution in [0.4, 0.5) is 0 Å². The average molecular weight is 633 g/mol. The number of fused-ring (bicyclic) bond motifs is 3. The molecule has 1 saturated heterocycles. The lowest BCUT2D eigenvalue weighted by Crippen LogP contribution is -2.76. The lowest BCUT2D eigenvalue weighted by Gasteiger charge is -2.47. The second-order valence-corrected chi connectivity index (χ2v) is 11.0. The Balaban J connectivity index is 1.73. The van der Waals surface area contributed by atoms with Gasteiger partial charge >= 0.3 is 5.97 Å². The minimum atomic E-state index is -3.52. The highest BCUT2D eigenvalue weighted by atomic mass is 16.7. The van der Waals surface area contributed by atoms with Gasteiger partial charge in [0.15, 0.2) is 6.10 Å². The number of methoxy groups -OCH3 is 4. The van der Waals surface area contributed by atoms with Crippen molar-refractivity contribution in [3.8, 4) is 11.5 Å². The van der Waals surface area contributed by atoms with Crippen LogP contribution in [0, 0.1) is 6.92 Å². The van der Waals surface area contributed by atoms with Crippen LogP contribution in [0.5, 0.6) is 11.5 Å². The van der Waals surface area contributed by atoms with Crippen molar-refractivity contribution in [3.63, 3.8) is 0 Å². The summed E-state index contributed by atoms with van der Waals surface area (Å²) in [6, 6.07) is 2.26. The number of aromatic hydroxyl groups is 1. The van der Waals surface area contributed by atoms with E-state index >= 15 is 0 Å². The number of rotatable bonds is 6. The van der Waals surface area contributed by atoms with Gasteiger partial charge in [-0.15, -0.1) is 0 Å². The molecule has 3 aliphatic rings. The zero-order valence-electron chi connectivity index (χ0n) is 25.0. The average Bonchev–Trinajstić information content (AvgIpc) is 3.01. The van der Waals surface area contributed by atoms with E-state index in [1.807, 2.05) is 0 Å². The smallest absolute Gasteiger partial charge is 0.341 e. The molecule has 0 radical (unpaired) electrons. The molecule has 0 bridgehead atoms. The number of ketones is 3. The SMILES string of the molecule is COC(=O)c1c(O[C@@H]2O[C@H](C)[C@H](OC)[C@H](OC)[C@H]2O)cc2cc3c(c(O)c2c1C)C(=O)[C@]1(O)C(=O)C=C(OC)[C@H](O)[C@@]1(O)C3=O. The van der Waals surface area contributed by atoms with Crippen molar-refractivity contribution in [2.24, 2.45) is 0 Å². The fourth-order valence-electron chi connectivity index (χ4n) is 6.42. The van der Waals surface area contributed by atoms with E-state index in [0.29, 0.717) is 6.08 Å². The first-order valence-electron chi connectivity index (χ1n) is 13.6. The molecular formula is C30H32O15. The summed E-state index contributed by atoms with van der Waals surface area (Å²) in [6.07, 6.45) is -6.82. The molecule has 0 unspecified atom stereocenters. The molecule has 242 valence electrons. The van der Waals surface area contributed by atoms with E-state index in [-0.39, 0.29) is 27.6 Å². The summed E-state index contributed by atoms with van der Waals surface area (Å²) in [5, 5.41) is 55.7. The third-order valence-corrected chi connectivity index (χ3v) is 8.77. The minimum Gasteiger partial charge on any atom is -0.507 e. The summed E-state index contributed by atoms with van der Waals surface area (Å²) < 4.78 is 32.4. The maximum Gasteiger partial charge on any atom is 0.341 e. The van der Waals surface area contributed by atoms with Gasteiger partial charge in [0.05, 0.1) is 25.9 Å². The van der Waals surface area contributed by atoms with Gasteiger partial charge in [0.25, 0.3) is 0 Å². The van der Waals surface area contributed by atoms with Crippen molar-refractivity contribution >= 4 is 34.1 Å². The van der Waals surface area contributed by atoms with Gasteiger partial charge in [0, 0.05) is 31.2 Å². The number of carbonyl (C=O) groups is 4. The molecule has 0 saturated carbocycles. The van der Waals surface area contributed by atoms with E-state index in [1.165, 1.54) is 27.2 Å². The van der Waals surface area contributed by atoms with E-state index in [0.717, 1.165) is 20.3 Å². The minimum absolute atomic E-state index is 0.0165. The Morgan fingerprint density at radius 3 is 2.20 bits per heavy atom. The van der Waals surface area contributed by atoms with Crippen molar-refractivity contribution < 1.29 is 73.1 Å². The largest absolute Gasteiger partial charge is 0.507 e. The molecule has 2 aliphatic carbocycles. The Hall–Kier alpha value is -3.96. The lowest BCUT2D eigenvalue weighted by molar-refractivity contribution is -0.277. The highest BCUT2D eigenvalue weighted by Crippen LogP contribution is 2.49. The van der Waals surface area contributed by atoms with Gasteiger partial charge in [0.1, 0.15) is 41.1 Å². The molecular weight excluding hydrogens is 600 g/mol. The van der Waals surface area contributed by atoms with Gasteiger partial charge in [-0.25, -0.2) is 4.79 Å². The number of aliphatic hydroxyl groups is 4. The molecule has 1 fully saturated rings. The molecule has 1 aliphatic heterocycles. The van der Waals surface area contributed by atoms with E-state index in [9.17, 15) is 44.7 Å². The highest BCUT2D eigenvalue weighted by molar-refractivity contribution is 6.35. The van der Waals surface area contributed by atoms with E-state index in [2.05, 4.69) is 0 Å². The summed E-state index contributed by atoms with van der Waals surface area (Å²) in [6.45, 7) is 3.03. The van der Waals surface area contributed by atoms with Crippen LogP contribution in [0.25, 0.3) is 10.8 Å². The summed E-state index contributed by atoms with van der Waals surface area (Å²) in [5.74, 6) is -7.16. The Labute approximate surface area is 255 Å². The van der Waals surface area contributed by atoms with Crippen molar-refractivity contribution in [3.05, 3.63) is 46.2 Å². The Bertz CT molecular complexity index is 1660. The number of esters is 1. The maximum absolute atomic E-state index is 13.8. The van der Waals surface area contributed by atoms with Crippen LogP contribution < -0.4 is 4.74 Å². The summed E-state index contributed by atoms with van der Waals surface area (Å²) in [4.78, 5) is 53.5. The van der Waals surface area contributed by atoms with Crippen LogP contribution in [0.2, 0.25) is 0 Å². The molecule has 8 atom stereocenters. The van der Waals surface area contributed by atoms with Gasteiger partial charge in [-0.1, -0.05) is 0 Å². The van der Waals surface area contributed by atoms with Crippen LogP contribution in [0.3, 0.4) is 0 Å². The molecule has 15 nitrogen and oxygen atoms in total. The number of hydrogen-bond acceptors (Lipinski definition) is 15. The van der Waals surface area contributed by atoms with Gasteiger partial charge < -0.3 is 54.0 Å². The number of phenolic OH excluding ortho intramolecular Hbond substituents is 1. The van der Waals surface area contributed by atoms with Crippen LogP contribution in [0.1, 0.15) is 43.6 Å². The number of aryl methyl sites for hydroxylation is 1. The molecule has 0 amide bonds. The van der Waals surface area contributed by atoms with Crippen LogP contribution >= 0.6 is 0 Å². The first-order chi connectivity index (χ1) is 21.1. The van der Waals surface area contributed by atoms with Crippen LogP contribution in [0.15, 0.2) is 24.0 Å². The number of ether oxygens (including phenoxy) is 6. The van der Waals surface area contributed by atoms with Gasteiger partial charge in [-0.3, -0.25) is 14.4 Å². The molecule has 1 heterocycles. The maximum atomic E-state index is 13.8. The predicted octanol–water partition coefficient (Wildman–Crippen LogP) is -0.530. The van der Waals surface area contributed by atoms with Crippen molar-refractivity contribution in [2.75, 3.05) is 28.4 Å². The fourth-order valence-corrected chi connectivity index (χ4v) is 6.42. The first-order valence-corrected chi connectivity index (χ1v) is 13.6. The molecule has 0 spiro atoms. The molecule has 2 aromatic rings. The second-order valence-electron chi connectivity index (χ2n) is 11.0. The van der Waals surface area contributed by atoms with E-state index in [1.54, 1.807) is 6.92 Å². The van der Waals surface area contributed by atoms with E-state index in [4.69, 9.17) is 28.4 Å². The normalized spacial score (nSPS) is 32.9. The zero-order valence-corrected chi connectivity index (χ0v) is 25.0. The standard InChI is InChI=1S/C30H32O15/c1-10-17-12(8-14(18(10)27(37)43-6)45-28-21(33)23(42-5)22(41-4)11(2)44-28)7-13-19(20(17)32)26(36)29(38)16(31)9-15(40-3)25(35)30(29,39)24(13)34/h7-9,11,21-23,25,28,32-33,35,38-39H,1-6H3/t11-,21-,22+,23-,25+,28+,29-,30+/m1/s1. The molecule has 2 aromatic carbocycles. The van der Waals surface area contributed by atoms with Gasteiger partial charge in [-0.05, 0) is 36.9 Å². The molecule has 5 rings (SSSR count). The second kappa shape index (κ2) is 11.1.